The fourth-order valence-electron chi connectivity index (χ4n) is 10.8. The molecule has 0 unspecified atom stereocenters. The number of benzene rings is 7. The van der Waals surface area contributed by atoms with Crippen LogP contribution in [0.25, 0.3) is 44.5 Å². The van der Waals surface area contributed by atoms with Gasteiger partial charge in [0.1, 0.15) is 0 Å². The van der Waals surface area contributed by atoms with E-state index in [1.165, 1.54) is 108 Å². The van der Waals surface area contributed by atoms with Crippen molar-refractivity contribution in [1.82, 2.24) is 0 Å². The van der Waals surface area contributed by atoms with Gasteiger partial charge in [-0.25, -0.2) is 0 Å². The fourth-order valence-corrected chi connectivity index (χ4v) is 10.8. The summed E-state index contributed by atoms with van der Waals surface area (Å²) in [7, 11) is 0. The normalized spacial score (nSPS) is 17.1. The summed E-state index contributed by atoms with van der Waals surface area (Å²) in [5.41, 5.74) is 23.8. The Morgan fingerprint density at radius 3 is 1.50 bits per heavy atom. The van der Waals surface area contributed by atoms with Crippen molar-refractivity contribution in [2.45, 2.75) is 96.8 Å². The summed E-state index contributed by atoms with van der Waals surface area (Å²) in [6.45, 7) is 21.7. The number of hydrogen-bond donors (Lipinski definition) is 0. The summed E-state index contributed by atoms with van der Waals surface area (Å²) in [6, 6.07) is 55.5. The monoisotopic (exact) mass is 753 g/mol. The predicted octanol–water partition coefficient (Wildman–Crippen LogP) is 15.8. The van der Waals surface area contributed by atoms with Gasteiger partial charge in [0.15, 0.2) is 0 Å². The molecule has 0 saturated carbocycles. The van der Waals surface area contributed by atoms with Crippen LogP contribution in [0.5, 0.6) is 0 Å². The molecule has 0 aromatic heterocycles. The quantitative estimate of drug-likeness (QED) is 0.169. The molecule has 0 aliphatic heterocycles. The Labute approximate surface area is 346 Å². The molecule has 58 heavy (non-hydrogen) atoms. The highest BCUT2D eigenvalue weighted by atomic mass is 15.1. The Balaban J connectivity index is 1.27. The summed E-state index contributed by atoms with van der Waals surface area (Å²) >= 11 is 0. The highest BCUT2D eigenvalue weighted by molar-refractivity contribution is 5.96. The number of rotatable bonds is 5. The Kier molecular flexibility index (Phi) is 8.01. The predicted molar refractivity (Wildman–Crippen MR) is 247 cm³/mol. The largest absolute Gasteiger partial charge is 0.310 e. The van der Waals surface area contributed by atoms with Crippen molar-refractivity contribution in [3.8, 4) is 44.5 Å². The summed E-state index contributed by atoms with van der Waals surface area (Å²) in [6.07, 6.45) is 2.38. The summed E-state index contributed by atoms with van der Waals surface area (Å²) in [5, 5.41) is 0. The molecule has 3 aliphatic rings. The lowest BCUT2D eigenvalue weighted by atomic mass is 9.62. The van der Waals surface area contributed by atoms with Crippen molar-refractivity contribution in [2.24, 2.45) is 0 Å². The topological polar surface area (TPSA) is 3.24 Å². The van der Waals surface area contributed by atoms with E-state index in [1.807, 2.05) is 0 Å². The molecule has 10 rings (SSSR count). The average Bonchev–Trinajstić information content (AvgIpc) is 3.59. The zero-order valence-corrected chi connectivity index (χ0v) is 35.7. The van der Waals surface area contributed by atoms with Gasteiger partial charge in [0.05, 0.1) is 5.69 Å². The third-order valence-corrected chi connectivity index (χ3v) is 14.5. The first-order valence-electron chi connectivity index (χ1n) is 21.3. The smallest absolute Gasteiger partial charge is 0.0543 e. The second-order valence-corrected chi connectivity index (χ2v) is 19.7. The molecule has 288 valence electrons. The Morgan fingerprint density at radius 2 is 0.862 bits per heavy atom. The lowest BCUT2D eigenvalue weighted by Gasteiger charge is -2.42. The molecule has 1 nitrogen and oxygen atoms in total. The van der Waals surface area contributed by atoms with Gasteiger partial charge < -0.3 is 4.90 Å². The van der Waals surface area contributed by atoms with Crippen LogP contribution in [-0.2, 0) is 21.7 Å². The van der Waals surface area contributed by atoms with E-state index in [9.17, 15) is 0 Å². The fraction of sp³-hybridized carbons (Fsp3) is 0.263. The molecular formula is C57H55N. The minimum atomic E-state index is -0.152. The Morgan fingerprint density at radius 1 is 0.362 bits per heavy atom. The molecule has 7 aromatic carbocycles. The van der Waals surface area contributed by atoms with E-state index in [4.69, 9.17) is 0 Å². The maximum Gasteiger partial charge on any atom is 0.0543 e. The lowest BCUT2D eigenvalue weighted by Crippen LogP contribution is -2.34. The number of fused-ring (bicyclic) bond motifs is 7. The first-order valence-corrected chi connectivity index (χ1v) is 21.3. The van der Waals surface area contributed by atoms with Crippen LogP contribution < -0.4 is 4.90 Å². The molecule has 0 N–H and O–H groups in total. The van der Waals surface area contributed by atoms with Gasteiger partial charge in [0, 0.05) is 27.8 Å². The minimum absolute atomic E-state index is 0.0896. The van der Waals surface area contributed by atoms with Gasteiger partial charge in [-0.05, 0) is 151 Å². The maximum atomic E-state index is 2.59. The van der Waals surface area contributed by atoms with Crippen LogP contribution in [0.2, 0.25) is 0 Å². The van der Waals surface area contributed by atoms with E-state index >= 15 is 0 Å². The number of anilines is 3. The molecule has 0 saturated heterocycles. The minimum Gasteiger partial charge on any atom is -0.310 e. The zero-order valence-electron chi connectivity index (χ0n) is 35.7. The van der Waals surface area contributed by atoms with Crippen molar-refractivity contribution in [2.75, 3.05) is 4.90 Å². The molecule has 0 heterocycles. The van der Waals surface area contributed by atoms with Gasteiger partial charge in [-0.3, -0.25) is 0 Å². The van der Waals surface area contributed by atoms with E-state index in [2.05, 4.69) is 213 Å². The van der Waals surface area contributed by atoms with E-state index in [0.29, 0.717) is 0 Å². The van der Waals surface area contributed by atoms with Crippen LogP contribution in [0.3, 0.4) is 0 Å². The van der Waals surface area contributed by atoms with Crippen molar-refractivity contribution in [3.63, 3.8) is 0 Å². The molecule has 0 amide bonds. The summed E-state index contributed by atoms with van der Waals surface area (Å²) in [4.78, 5) is 2.57. The SMILES string of the molecule is Cc1cc2c(cc1-c1cc3c(cc1N(c1ccc(-c4ccccc4)cc1)c1ccc4c(c1)C(C)(C)c1ccccc1-4)C(C)(C)c1ccccc1-3)C(C)(C)CCC2(C)C. The van der Waals surface area contributed by atoms with Crippen LogP contribution in [0.15, 0.2) is 146 Å². The van der Waals surface area contributed by atoms with Crippen molar-refractivity contribution in [3.05, 3.63) is 185 Å². The second kappa shape index (κ2) is 12.7. The van der Waals surface area contributed by atoms with Crippen LogP contribution in [0.4, 0.5) is 17.1 Å². The van der Waals surface area contributed by atoms with Gasteiger partial charge in [-0.15, -0.1) is 0 Å². The Bertz CT molecular complexity index is 2780. The molecule has 1 heteroatoms. The third-order valence-electron chi connectivity index (χ3n) is 14.5. The zero-order chi connectivity index (χ0) is 40.4. The third kappa shape index (κ3) is 5.42. The highest BCUT2D eigenvalue weighted by Crippen LogP contribution is 2.56. The van der Waals surface area contributed by atoms with Gasteiger partial charge in [0.2, 0.25) is 0 Å². The first kappa shape index (κ1) is 36.7. The molecule has 3 aliphatic carbocycles. The van der Waals surface area contributed by atoms with E-state index in [-0.39, 0.29) is 21.7 Å². The maximum absolute atomic E-state index is 2.59. The highest BCUT2D eigenvalue weighted by Gasteiger charge is 2.41. The summed E-state index contributed by atoms with van der Waals surface area (Å²) < 4.78 is 0. The van der Waals surface area contributed by atoms with E-state index < -0.39 is 0 Å². The number of aryl methyl sites for hydroxylation is 1. The van der Waals surface area contributed by atoms with Crippen LogP contribution >= 0.6 is 0 Å². The van der Waals surface area contributed by atoms with E-state index in [0.717, 1.165) is 5.69 Å². The number of nitrogens with zero attached hydrogens (tertiary/aromatic N) is 1. The summed E-state index contributed by atoms with van der Waals surface area (Å²) in [5.74, 6) is 0. The van der Waals surface area contributed by atoms with Gasteiger partial charge in [-0.1, -0.05) is 159 Å². The Hall–Kier alpha value is -5.66. The lowest BCUT2D eigenvalue weighted by molar-refractivity contribution is 0.332. The number of hydrogen-bond acceptors (Lipinski definition) is 1. The van der Waals surface area contributed by atoms with Crippen molar-refractivity contribution in [1.29, 1.82) is 0 Å². The first-order chi connectivity index (χ1) is 27.7. The van der Waals surface area contributed by atoms with Crippen molar-refractivity contribution >= 4 is 17.1 Å². The van der Waals surface area contributed by atoms with Crippen molar-refractivity contribution < 1.29 is 0 Å². The van der Waals surface area contributed by atoms with Gasteiger partial charge >= 0.3 is 0 Å². The molecule has 0 radical (unpaired) electrons. The van der Waals surface area contributed by atoms with Crippen LogP contribution in [0.1, 0.15) is 107 Å². The molecule has 0 spiro atoms. The molecular weight excluding hydrogens is 699 g/mol. The van der Waals surface area contributed by atoms with Gasteiger partial charge in [0.25, 0.3) is 0 Å². The molecule has 0 bridgehead atoms. The standard InChI is InChI=1S/C57H55N/c1-36-31-51-52(55(4,5)30-29-54(51,2)3)34-44(36)46-33-45-42-20-14-16-22-48(42)57(8,9)50(45)35-53(46)58(39-25-23-38(24-26-39)37-17-11-10-12-18-37)40-27-28-43-41-19-13-15-21-47(41)56(6,7)49(43)32-40/h10-28,31-35H,29-30H2,1-9H3. The molecule has 0 atom stereocenters. The average molecular weight is 754 g/mol. The molecule has 0 fully saturated rings. The van der Waals surface area contributed by atoms with E-state index in [1.54, 1.807) is 0 Å². The van der Waals surface area contributed by atoms with Gasteiger partial charge in [-0.2, -0.15) is 0 Å². The second-order valence-electron chi connectivity index (χ2n) is 19.7. The van der Waals surface area contributed by atoms with Crippen LogP contribution in [0, 0.1) is 6.92 Å². The molecule has 7 aromatic rings. The van der Waals surface area contributed by atoms with Crippen LogP contribution in [-0.4, -0.2) is 0 Å².